The van der Waals surface area contributed by atoms with Crippen LogP contribution in [0.4, 0.5) is 5.69 Å². The molecule has 0 aliphatic carbocycles. The lowest BCUT2D eigenvalue weighted by Gasteiger charge is -2.10. The molecule has 1 aromatic rings. The number of rotatable bonds is 4. The van der Waals surface area contributed by atoms with E-state index in [2.05, 4.69) is 0 Å². The highest BCUT2D eigenvalue weighted by molar-refractivity contribution is 8.05. The molecule has 1 aromatic carbocycles. The molecule has 0 spiro atoms. The van der Waals surface area contributed by atoms with Crippen LogP contribution in [0.15, 0.2) is 29.2 Å². The molecule has 0 heterocycles. The lowest BCUT2D eigenvalue weighted by Crippen LogP contribution is -1.94. The average Bonchev–Trinajstić information content (AvgIpc) is 2.17. The number of hydrogen-bond acceptors (Lipinski definition) is 4. The number of nitrogens with two attached hydrogens (primary N) is 1. The monoisotopic (exact) mass is 232 g/mol. The van der Waals surface area contributed by atoms with Crippen LogP contribution in [-0.2, 0) is 4.52 Å². The first-order valence-corrected chi connectivity index (χ1v) is 7.43. The topological polar surface area (TPSA) is 55.5 Å². The van der Waals surface area contributed by atoms with Crippen LogP contribution in [0.5, 0.6) is 0 Å². The summed E-state index contributed by atoms with van der Waals surface area (Å²) in [6.45, 7) is 1.75. The predicted molar refractivity (Wildman–Crippen MR) is 63.7 cm³/mol. The molecule has 1 rings (SSSR count). The summed E-state index contributed by atoms with van der Waals surface area (Å²) in [5.41, 5.74) is 6.92. The van der Waals surface area contributed by atoms with E-state index in [1.165, 1.54) is 7.11 Å². The van der Waals surface area contributed by atoms with Crippen LogP contribution in [0.2, 0.25) is 0 Å². The molecule has 0 amide bonds. The molecular weight excluding hydrogens is 217 g/mol. The third-order valence-electron chi connectivity index (χ3n) is 1.74. The molecule has 0 fully saturated rings. The Morgan fingerprint density at radius 3 is 2.50 bits per heavy atom. The molecule has 78 valence electrons. The lowest BCUT2D eigenvalue weighted by atomic mass is 10.3. The van der Waals surface area contributed by atoms with Crippen LogP contribution < -0.4 is 5.73 Å². The first-order chi connectivity index (χ1) is 6.53. The van der Waals surface area contributed by atoms with Gasteiger partial charge in [-0.25, -0.2) is 9.42 Å². The Hall–Kier alpha value is -0.280. The van der Waals surface area contributed by atoms with Crippen LogP contribution in [0.1, 0.15) is 0 Å². The van der Waals surface area contributed by atoms with Gasteiger partial charge >= 0.3 is 0 Å². The predicted octanol–water partition coefficient (Wildman–Crippen LogP) is 2.43. The number of nitrogen functional groups attached to an aromatic ring is 1. The number of benzene rings is 1. The fourth-order valence-corrected chi connectivity index (χ4v) is 3.12. The van der Waals surface area contributed by atoms with Crippen LogP contribution in [0.3, 0.4) is 0 Å². The van der Waals surface area contributed by atoms with Gasteiger partial charge in [0.2, 0.25) is 0 Å². The molecule has 0 aromatic heterocycles. The molecule has 3 N–H and O–H groups in total. The Morgan fingerprint density at radius 1 is 1.43 bits per heavy atom. The lowest BCUT2D eigenvalue weighted by molar-refractivity contribution is 0.376. The Kier molecular flexibility index (Phi) is 4.20. The largest absolute Gasteiger partial charge is 0.399 e. The van der Waals surface area contributed by atoms with E-state index in [9.17, 15) is 4.89 Å². The van der Waals surface area contributed by atoms with Crippen molar-refractivity contribution in [2.24, 2.45) is 0 Å². The summed E-state index contributed by atoms with van der Waals surface area (Å²) in [7, 11) is -0.630. The van der Waals surface area contributed by atoms with Gasteiger partial charge in [0.1, 0.15) is 6.66 Å². The zero-order valence-corrected chi connectivity index (χ0v) is 10.0. The van der Waals surface area contributed by atoms with Crippen molar-refractivity contribution in [3.8, 4) is 0 Å². The van der Waals surface area contributed by atoms with E-state index in [-0.39, 0.29) is 0 Å². The van der Waals surface area contributed by atoms with Crippen LogP contribution in [-0.4, -0.2) is 24.2 Å². The molecule has 3 nitrogen and oxygen atoms in total. The van der Waals surface area contributed by atoms with Crippen LogP contribution in [0, 0.1) is 0 Å². The third-order valence-corrected chi connectivity index (χ3v) is 5.57. The highest BCUT2D eigenvalue weighted by Crippen LogP contribution is 2.54. The van der Waals surface area contributed by atoms with Crippen molar-refractivity contribution in [2.45, 2.75) is 4.90 Å². The quantitative estimate of drug-likeness (QED) is 0.475. The van der Waals surface area contributed by atoms with Gasteiger partial charge in [-0.3, -0.25) is 0 Å². The number of thioether (sulfide) groups is 1. The standard InChI is InChI=1S/C9H15NO2PS/c1-12-13(2,11)7-14-9-5-3-8(10)4-6-9/h3-6,11H,7,10H2,1-2H3/q+1. The SMILES string of the molecule is CO[P+](C)(O)CSc1ccc(N)cc1. The van der Waals surface area contributed by atoms with Crippen LogP contribution >= 0.6 is 19.5 Å². The van der Waals surface area contributed by atoms with E-state index in [4.69, 9.17) is 10.3 Å². The molecule has 14 heavy (non-hydrogen) atoms. The van der Waals surface area contributed by atoms with E-state index in [1.54, 1.807) is 18.4 Å². The number of hydrogen-bond donors (Lipinski definition) is 2. The molecule has 0 aliphatic heterocycles. The third kappa shape index (κ3) is 3.84. The Bertz CT molecular complexity index is 289. The minimum absolute atomic E-state index is 0.605. The second-order valence-corrected chi connectivity index (χ2v) is 7.34. The molecule has 1 unspecified atom stereocenters. The molecule has 0 aliphatic rings. The summed E-state index contributed by atoms with van der Waals surface area (Å²) in [6, 6.07) is 7.58. The normalized spacial score (nSPS) is 15.1. The van der Waals surface area contributed by atoms with Crippen molar-refractivity contribution >= 4 is 25.2 Å². The zero-order chi connectivity index (χ0) is 10.6. The first kappa shape index (κ1) is 11.8. The number of anilines is 1. The van der Waals surface area contributed by atoms with Gasteiger partial charge in [-0.05, 0) is 24.3 Å². The van der Waals surface area contributed by atoms with Gasteiger partial charge in [-0.2, -0.15) is 0 Å². The Labute approximate surface area is 89.2 Å². The summed E-state index contributed by atoms with van der Waals surface area (Å²) in [5, 5.41) is 0. The maximum atomic E-state index is 9.68. The fraction of sp³-hybridized carbons (Fsp3) is 0.333. The van der Waals surface area contributed by atoms with Crippen molar-refractivity contribution in [1.29, 1.82) is 0 Å². The minimum atomic E-state index is -2.17. The van der Waals surface area contributed by atoms with E-state index < -0.39 is 7.72 Å². The van der Waals surface area contributed by atoms with Crippen LogP contribution in [0.25, 0.3) is 0 Å². The van der Waals surface area contributed by atoms with E-state index in [0.717, 1.165) is 10.6 Å². The minimum Gasteiger partial charge on any atom is -0.399 e. The second-order valence-electron chi connectivity index (χ2n) is 3.08. The first-order valence-electron chi connectivity index (χ1n) is 4.16. The molecule has 0 saturated heterocycles. The average molecular weight is 232 g/mol. The van der Waals surface area contributed by atoms with Crippen molar-refractivity contribution in [3.63, 3.8) is 0 Å². The molecule has 1 atom stereocenters. The highest BCUT2D eigenvalue weighted by atomic mass is 32.2. The van der Waals surface area contributed by atoms with Gasteiger partial charge in [0.05, 0.1) is 7.11 Å². The molecule has 0 saturated carbocycles. The van der Waals surface area contributed by atoms with Gasteiger partial charge in [-0.1, -0.05) is 11.8 Å². The summed E-state index contributed by atoms with van der Waals surface area (Å²) < 4.78 is 5.00. The van der Waals surface area contributed by atoms with Gasteiger partial charge in [0.25, 0.3) is 7.72 Å². The van der Waals surface area contributed by atoms with Gasteiger partial charge in [0.15, 0.2) is 5.49 Å². The fourth-order valence-electron chi connectivity index (χ4n) is 0.811. The summed E-state index contributed by atoms with van der Waals surface area (Å²) in [4.78, 5) is 10.8. The maximum absolute atomic E-state index is 9.68. The van der Waals surface area contributed by atoms with Gasteiger partial charge in [0, 0.05) is 10.6 Å². The molecule has 5 heteroatoms. The smallest absolute Gasteiger partial charge is 0.278 e. The zero-order valence-electron chi connectivity index (χ0n) is 8.30. The van der Waals surface area contributed by atoms with E-state index >= 15 is 0 Å². The van der Waals surface area contributed by atoms with E-state index in [1.807, 2.05) is 24.3 Å². The summed E-state index contributed by atoms with van der Waals surface area (Å²) in [5.74, 6) is 0. The summed E-state index contributed by atoms with van der Waals surface area (Å²) in [6.07, 6.45) is 0. The van der Waals surface area contributed by atoms with Crippen molar-refractivity contribution < 1.29 is 9.42 Å². The van der Waals surface area contributed by atoms with Crippen molar-refractivity contribution in [3.05, 3.63) is 24.3 Å². The highest BCUT2D eigenvalue weighted by Gasteiger charge is 2.28. The van der Waals surface area contributed by atoms with Crippen molar-refractivity contribution in [1.82, 2.24) is 0 Å². The Balaban J connectivity index is 2.50. The second kappa shape index (κ2) is 4.99. The van der Waals surface area contributed by atoms with Crippen molar-refractivity contribution in [2.75, 3.05) is 25.0 Å². The molecule has 0 bridgehead atoms. The molecular formula is C9H15NO2PS+. The maximum Gasteiger partial charge on any atom is 0.278 e. The van der Waals surface area contributed by atoms with Gasteiger partial charge in [-0.15, -0.1) is 0 Å². The molecule has 0 radical (unpaired) electrons. The summed E-state index contributed by atoms with van der Waals surface area (Å²) >= 11 is 1.58. The van der Waals surface area contributed by atoms with E-state index in [0.29, 0.717) is 5.49 Å². The van der Waals surface area contributed by atoms with Gasteiger partial charge < -0.3 is 5.73 Å². The Morgan fingerprint density at radius 2 is 2.00 bits per heavy atom.